The number of carbonyl (C=O) groups excluding carboxylic acids is 1. The summed E-state index contributed by atoms with van der Waals surface area (Å²) in [6.07, 6.45) is -1.34. The van der Waals surface area contributed by atoms with Gasteiger partial charge >= 0.3 is 6.18 Å². The van der Waals surface area contributed by atoms with Gasteiger partial charge in [-0.25, -0.2) is 4.98 Å². The molecule has 0 aliphatic rings. The number of fused-ring (bicyclic) bond motifs is 1. The lowest BCUT2D eigenvalue weighted by Crippen LogP contribution is -2.28. The van der Waals surface area contributed by atoms with Crippen LogP contribution in [-0.4, -0.2) is 31.8 Å². The van der Waals surface area contributed by atoms with Crippen molar-refractivity contribution >= 4 is 16.9 Å². The summed E-state index contributed by atoms with van der Waals surface area (Å²) in [6.45, 7) is 2.63. The number of aryl methyl sites for hydroxylation is 2. The molecule has 0 saturated carbocycles. The number of nitrogens with zero attached hydrogens (tertiary/aromatic N) is 4. The van der Waals surface area contributed by atoms with E-state index in [0.29, 0.717) is 18.5 Å². The van der Waals surface area contributed by atoms with Crippen molar-refractivity contribution in [2.75, 3.05) is 6.54 Å². The number of amides is 1. The van der Waals surface area contributed by atoms with E-state index in [1.165, 1.54) is 6.20 Å². The molecule has 3 heterocycles. The quantitative estimate of drug-likeness (QED) is 0.731. The first kappa shape index (κ1) is 18.0. The molecule has 0 spiro atoms. The first-order valence-corrected chi connectivity index (χ1v) is 8.13. The van der Waals surface area contributed by atoms with Crippen molar-refractivity contribution in [2.24, 2.45) is 0 Å². The van der Waals surface area contributed by atoms with Crippen LogP contribution in [0.15, 0.2) is 36.7 Å². The van der Waals surface area contributed by atoms with E-state index in [1.54, 1.807) is 23.0 Å². The molecule has 26 heavy (non-hydrogen) atoms. The second-order valence-corrected chi connectivity index (χ2v) is 5.92. The van der Waals surface area contributed by atoms with E-state index in [4.69, 9.17) is 0 Å². The van der Waals surface area contributed by atoms with Gasteiger partial charge in [0.05, 0.1) is 12.2 Å². The Balaban J connectivity index is 1.62. The van der Waals surface area contributed by atoms with Crippen molar-refractivity contribution in [2.45, 2.75) is 32.6 Å². The first-order valence-electron chi connectivity index (χ1n) is 8.13. The molecule has 0 aliphatic carbocycles. The zero-order valence-electron chi connectivity index (χ0n) is 14.1. The Morgan fingerprint density at radius 3 is 2.77 bits per heavy atom. The maximum atomic E-state index is 13.2. The van der Waals surface area contributed by atoms with Crippen LogP contribution in [0.4, 0.5) is 13.2 Å². The smallest absolute Gasteiger partial charge is 0.354 e. The van der Waals surface area contributed by atoms with Crippen LogP contribution in [0, 0.1) is 6.92 Å². The number of hydrogen-bond donors (Lipinski definition) is 1. The Morgan fingerprint density at radius 1 is 1.27 bits per heavy atom. The molecule has 9 heteroatoms. The molecule has 6 nitrogen and oxygen atoms in total. The van der Waals surface area contributed by atoms with Gasteiger partial charge in [0, 0.05) is 37.3 Å². The topological polar surface area (TPSA) is 64.7 Å². The van der Waals surface area contributed by atoms with Crippen LogP contribution in [0.5, 0.6) is 0 Å². The van der Waals surface area contributed by atoms with E-state index in [9.17, 15) is 18.0 Å². The lowest BCUT2D eigenvalue weighted by molar-refractivity contribution is -0.143. The van der Waals surface area contributed by atoms with Crippen molar-refractivity contribution in [3.63, 3.8) is 0 Å². The maximum absolute atomic E-state index is 13.2. The fourth-order valence-electron chi connectivity index (χ4n) is 2.75. The van der Waals surface area contributed by atoms with Crippen molar-refractivity contribution < 1.29 is 18.0 Å². The fourth-order valence-corrected chi connectivity index (χ4v) is 2.75. The summed E-state index contributed by atoms with van der Waals surface area (Å²) in [7, 11) is 0. The summed E-state index contributed by atoms with van der Waals surface area (Å²) in [5.74, 6) is -0.320. The highest BCUT2D eigenvalue weighted by Crippen LogP contribution is 2.33. The van der Waals surface area contributed by atoms with E-state index < -0.39 is 11.9 Å². The SMILES string of the molecule is Cc1ccn(CCNC(=O)CCn2c(C(F)(F)F)cc3cccnc32)n1. The average molecular weight is 365 g/mol. The van der Waals surface area contributed by atoms with Gasteiger partial charge in [-0.1, -0.05) is 0 Å². The van der Waals surface area contributed by atoms with E-state index in [-0.39, 0.29) is 24.5 Å². The number of hydrogen-bond acceptors (Lipinski definition) is 3. The van der Waals surface area contributed by atoms with Gasteiger partial charge in [-0.05, 0) is 31.2 Å². The van der Waals surface area contributed by atoms with Gasteiger partial charge in [-0.2, -0.15) is 18.3 Å². The Morgan fingerprint density at radius 2 is 2.08 bits per heavy atom. The molecule has 0 unspecified atom stereocenters. The van der Waals surface area contributed by atoms with Crippen LogP contribution in [0.3, 0.4) is 0 Å². The Labute approximate surface area is 147 Å². The van der Waals surface area contributed by atoms with E-state index >= 15 is 0 Å². The third kappa shape index (κ3) is 4.04. The van der Waals surface area contributed by atoms with Crippen LogP contribution in [0.25, 0.3) is 11.0 Å². The van der Waals surface area contributed by atoms with Crippen molar-refractivity contribution in [3.8, 4) is 0 Å². The summed E-state index contributed by atoms with van der Waals surface area (Å²) >= 11 is 0. The average Bonchev–Trinajstić information content (AvgIpc) is 3.16. The van der Waals surface area contributed by atoms with E-state index in [2.05, 4.69) is 15.4 Å². The minimum absolute atomic E-state index is 0.0679. The monoisotopic (exact) mass is 365 g/mol. The second kappa shape index (κ2) is 7.19. The molecule has 1 amide bonds. The number of pyridine rings is 1. The highest BCUT2D eigenvalue weighted by molar-refractivity contribution is 5.79. The van der Waals surface area contributed by atoms with Gasteiger partial charge in [0.25, 0.3) is 0 Å². The molecule has 1 N–H and O–H groups in total. The zero-order valence-corrected chi connectivity index (χ0v) is 14.1. The lowest BCUT2D eigenvalue weighted by Gasteiger charge is -2.12. The molecule has 0 aromatic carbocycles. The number of rotatable bonds is 6. The molecule has 0 saturated heterocycles. The first-order chi connectivity index (χ1) is 12.3. The third-order valence-electron chi connectivity index (χ3n) is 3.95. The zero-order chi connectivity index (χ0) is 18.7. The molecule has 138 valence electrons. The van der Waals surface area contributed by atoms with Crippen molar-refractivity contribution in [1.82, 2.24) is 24.6 Å². The number of alkyl halides is 3. The predicted octanol–water partition coefficient (Wildman–Crippen LogP) is 2.77. The molecule has 0 fully saturated rings. The molecular formula is C17H18F3N5O. The highest BCUT2D eigenvalue weighted by atomic mass is 19.4. The van der Waals surface area contributed by atoms with Crippen LogP contribution < -0.4 is 5.32 Å². The maximum Gasteiger partial charge on any atom is 0.431 e. The Kier molecular flexibility index (Phi) is 4.97. The summed E-state index contributed by atoms with van der Waals surface area (Å²) < 4.78 is 42.5. The van der Waals surface area contributed by atoms with Gasteiger partial charge in [0.15, 0.2) is 0 Å². The predicted molar refractivity (Wildman–Crippen MR) is 89.3 cm³/mol. The van der Waals surface area contributed by atoms with Gasteiger partial charge in [-0.3, -0.25) is 9.48 Å². The molecule has 3 aromatic rings. The van der Waals surface area contributed by atoms with Gasteiger partial charge in [0.1, 0.15) is 11.3 Å². The standard InChI is InChI=1S/C17H18F3N5O/c1-12-4-8-24(23-12)10-7-21-15(26)5-9-25-14(17(18,19)20)11-13-3-2-6-22-16(13)25/h2-4,6,8,11H,5,7,9-10H2,1H3,(H,21,26). The summed E-state index contributed by atoms with van der Waals surface area (Å²) in [6, 6.07) is 6.06. The molecule has 3 aromatic heterocycles. The van der Waals surface area contributed by atoms with E-state index in [1.807, 2.05) is 13.0 Å². The molecule has 0 radical (unpaired) electrons. The molecule has 0 aliphatic heterocycles. The molecule has 0 atom stereocenters. The number of aromatic nitrogens is 4. The van der Waals surface area contributed by atoms with Gasteiger partial charge in [-0.15, -0.1) is 0 Å². The van der Waals surface area contributed by atoms with Crippen molar-refractivity contribution in [1.29, 1.82) is 0 Å². The third-order valence-corrected chi connectivity index (χ3v) is 3.95. The minimum Gasteiger partial charge on any atom is -0.354 e. The summed E-state index contributed by atoms with van der Waals surface area (Å²) in [5.41, 5.74) is 0.300. The van der Waals surface area contributed by atoms with Crippen LogP contribution in [-0.2, 0) is 24.1 Å². The molecule has 3 rings (SSSR count). The molecule has 0 bridgehead atoms. The fraction of sp³-hybridized carbons (Fsp3) is 0.353. The van der Waals surface area contributed by atoms with Gasteiger partial charge < -0.3 is 9.88 Å². The lowest BCUT2D eigenvalue weighted by atomic mass is 10.3. The molecular weight excluding hydrogens is 347 g/mol. The minimum atomic E-state index is -4.50. The summed E-state index contributed by atoms with van der Waals surface area (Å²) in [5, 5.41) is 7.29. The summed E-state index contributed by atoms with van der Waals surface area (Å²) in [4.78, 5) is 16.0. The largest absolute Gasteiger partial charge is 0.431 e. The van der Waals surface area contributed by atoms with Gasteiger partial charge in [0.2, 0.25) is 5.91 Å². The number of halogens is 3. The van der Waals surface area contributed by atoms with Crippen molar-refractivity contribution in [3.05, 3.63) is 48.0 Å². The van der Waals surface area contributed by atoms with Crippen LogP contribution in [0.2, 0.25) is 0 Å². The normalized spacial score (nSPS) is 11.8. The Bertz CT molecular complexity index is 913. The highest BCUT2D eigenvalue weighted by Gasteiger charge is 2.35. The second-order valence-electron chi connectivity index (χ2n) is 5.92. The number of carbonyl (C=O) groups is 1. The van der Waals surface area contributed by atoms with E-state index in [0.717, 1.165) is 16.3 Å². The van der Waals surface area contributed by atoms with Crippen LogP contribution in [0.1, 0.15) is 17.8 Å². The number of nitrogens with one attached hydrogen (secondary N) is 1. The van der Waals surface area contributed by atoms with Crippen LogP contribution >= 0.6 is 0 Å². The Hall–Kier alpha value is -2.84.